The highest BCUT2D eigenvalue weighted by atomic mass is 19.4. The van der Waals surface area contributed by atoms with E-state index in [9.17, 15) is 18.4 Å². The second-order valence-electron chi connectivity index (χ2n) is 39.0. The second-order valence-corrected chi connectivity index (χ2v) is 39.0. The van der Waals surface area contributed by atoms with Crippen molar-refractivity contribution < 1.29 is 51.1 Å². The van der Waals surface area contributed by atoms with Crippen molar-refractivity contribution in [2.24, 2.45) is 0 Å². The summed E-state index contributed by atoms with van der Waals surface area (Å²) >= 11 is 0. The van der Waals surface area contributed by atoms with Crippen molar-refractivity contribution in [3.05, 3.63) is 423 Å². The number of para-hydroxylation sites is 7. The largest absolute Gasteiger partial charge is 0.458 e. The number of anilines is 12. The Kier molecular flexibility index (Phi) is 17.5. The molecule has 0 spiro atoms. The van der Waals surface area contributed by atoms with Gasteiger partial charge < -0.3 is 66.6 Å². The average Bonchev–Trinajstić information content (AvgIpc) is 1.49. The molecule has 0 unspecified atom stereocenters. The maximum atomic E-state index is 13.6. The highest BCUT2D eigenvalue weighted by molar-refractivity contribution is 7.03. The van der Waals surface area contributed by atoms with Gasteiger partial charge >= 0.3 is 6.18 Å². The van der Waals surface area contributed by atoms with Gasteiger partial charge in [-0.05, 0) is 268 Å². The lowest BCUT2D eigenvalue weighted by atomic mass is 9.33. The van der Waals surface area contributed by atoms with Crippen LogP contribution in [0.4, 0.5) is 81.4 Å². The van der Waals surface area contributed by atoms with Gasteiger partial charge in [0.1, 0.15) is 92.0 Å². The van der Waals surface area contributed by atoms with Crippen LogP contribution in [-0.4, -0.2) is 36.0 Å². The van der Waals surface area contributed by atoms with E-state index < -0.39 is 11.7 Å². The summed E-state index contributed by atoms with van der Waals surface area (Å²) in [7, 11) is 0. The molecule has 20 aromatic carbocycles. The molecule has 22 heteroatoms. The quantitative estimate of drug-likeness (QED) is 0.141. The topological polar surface area (TPSA) is 120 Å². The Morgan fingerprint density at radius 1 is 0.238 bits per heavy atom. The maximum absolute atomic E-state index is 13.6. The summed E-state index contributed by atoms with van der Waals surface area (Å²) < 4.78 is 97.3. The van der Waals surface area contributed by atoms with E-state index in [0.717, 1.165) is 187 Å². The molecule has 0 saturated heterocycles. The van der Waals surface area contributed by atoms with Crippen molar-refractivity contribution in [2.75, 3.05) is 19.6 Å². The Labute approximate surface area is 842 Å². The summed E-state index contributed by atoms with van der Waals surface area (Å²) in [5, 5.41) is 14.4. The number of fused-ring (bicyclic) bond motifs is 7. The first-order chi connectivity index (χ1) is 72.4. The van der Waals surface area contributed by atoms with Crippen LogP contribution in [0.15, 0.2) is 406 Å². The van der Waals surface area contributed by atoms with Gasteiger partial charge in [-0.3, -0.25) is 0 Å². The Bertz CT molecular complexity index is 9270. The Hall–Kier alpha value is -18.9. The van der Waals surface area contributed by atoms with Gasteiger partial charge in [0, 0.05) is 129 Å². The first-order valence-electron chi connectivity index (χ1n) is 49.4. The third-order valence-electron chi connectivity index (χ3n) is 30.8. The van der Waals surface area contributed by atoms with E-state index in [1.54, 1.807) is 0 Å². The Morgan fingerprint density at radius 3 is 0.816 bits per heavy atom. The molecule has 147 heavy (non-hydrogen) atoms. The predicted octanol–water partition coefficient (Wildman–Crippen LogP) is 25.0. The molecule has 15 nitrogen and oxygen atoms in total. The Balaban J connectivity index is 0.0000000922. The molecule has 0 radical (unpaired) electrons. The minimum Gasteiger partial charge on any atom is -0.458 e. The number of ether oxygens (including phenoxy) is 8. The number of nitrogens with zero attached hydrogens (tertiary/aromatic N) is 7. The first kappa shape index (κ1) is 82.8. The fourth-order valence-electron chi connectivity index (χ4n) is 25.0. The van der Waals surface area contributed by atoms with Crippen LogP contribution in [0.3, 0.4) is 0 Å². The minimum atomic E-state index is -4.50. The first-order valence-corrected chi connectivity index (χ1v) is 49.4. The zero-order chi connectivity index (χ0) is 97.2. The highest BCUT2D eigenvalue weighted by Gasteiger charge is 2.54. The van der Waals surface area contributed by atoms with Crippen molar-refractivity contribution in [1.29, 1.82) is 5.26 Å². The van der Waals surface area contributed by atoms with Crippen LogP contribution in [0.25, 0.3) is 55.0 Å². The van der Waals surface area contributed by atoms with E-state index in [4.69, 9.17) is 37.9 Å². The maximum Gasteiger partial charge on any atom is 0.416 e. The summed E-state index contributed by atoms with van der Waals surface area (Å²) in [6.07, 6.45) is -4.50. The molecule has 0 atom stereocenters. The van der Waals surface area contributed by atoms with Crippen LogP contribution >= 0.6 is 0 Å². The molecular weight excluding hydrogens is 1830 g/mol. The molecule has 22 aromatic rings. The van der Waals surface area contributed by atoms with E-state index in [-0.39, 0.29) is 38.4 Å². The molecule has 12 aliphatic rings. The molecule has 0 aliphatic carbocycles. The number of halogens is 3. The molecule has 0 saturated carbocycles. The lowest BCUT2D eigenvalue weighted by Gasteiger charge is -2.42. The normalized spacial score (nSPS) is 13.9. The molecule has 0 fully saturated rings. The van der Waals surface area contributed by atoms with Crippen LogP contribution in [0.1, 0.15) is 36.5 Å². The van der Waals surface area contributed by atoms with Crippen LogP contribution < -0.4 is 123 Å². The summed E-state index contributed by atoms with van der Waals surface area (Å²) in [4.78, 5) is 9.11. The van der Waals surface area contributed by atoms with E-state index in [0.29, 0.717) is 39.9 Å². The zero-order valence-corrected chi connectivity index (χ0v) is 78.6. The molecule has 690 valence electrons. The molecule has 14 heterocycles. The molecule has 0 amide bonds. The van der Waals surface area contributed by atoms with Crippen molar-refractivity contribution in [3.63, 3.8) is 0 Å². The average molecular weight is 1900 g/mol. The standard InChI is InChI=1S/C48H28BN3O2.C27H20BNO2.C25H13BF3NO2.C25H13BN2O2/c1-3-13-29(14-4-1)50-38-21-11-23-40-45(38)49-46-39(50)22-12-24-41(46)54-43-28-31(27-42(53-40)47(43)49)51-36-20-10-8-18-34(36)44-37(51)26-25-33-32-17-7-9-19-35(32)52(48(33)44)30-15-5-2-6-16-30;1-16(2)17-14-23-27-24(15-17)31-22-13-7-11-20-26(22)28(27)25-19(10-6-12-21(25)30-23)29(20)18-8-4-3-5-9-18;27-25(28,29)14-12-20-24-21(13-14)32-19-11-5-9-17-23(19)26(24)22-16(8-4-10-18(22)31-20)30(17)15-6-2-1-3-7-15;27-14-15-12-21-25-22(13-15)30-20-11-5-9-18-24(20)26(25)23-17(8-4-10-19(23)29-21)28(18)16-6-2-1-3-7-16/h1-28H;3-16H,1-2H3;1-13H;1-13H. The summed E-state index contributed by atoms with van der Waals surface area (Å²) in [5.41, 5.74) is 33.7. The SMILES string of the molecule is CC(C)c1cc2c3c(c1)Oc1cccc4c1B3c1c(cccc1N4c1ccccc1)O2.FC(F)(F)c1cc2c3c(c1)Oc1cccc4c1B3c1c(cccc1N4c1ccccc1)O2.N#Cc1cc2c3c(c1)Oc1cccc4c1B3c1c(cccc1N4c1ccccc1)O2.c1ccc(N2c3cccc4c3B3c5c(cc(-n6c7ccccc7c7c6ccc6c8ccccc8n(-c8ccccc8)c67)cc5Oc5cccc2c53)O4)cc1. The summed E-state index contributed by atoms with van der Waals surface area (Å²) in [6, 6.07) is 140. The summed E-state index contributed by atoms with van der Waals surface area (Å²) in [6.45, 7) is 4.27. The van der Waals surface area contributed by atoms with Gasteiger partial charge in [0.15, 0.2) is 0 Å². The monoisotopic (exact) mass is 1900 g/mol. The van der Waals surface area contributed by atoms with Gasteiger partial charge in [-0.25, -0.2) is 0 Å². The van der Waals surface area contributed by atoms with Gasteiger partial charge in [-0.2, -0.15) is 18.4 Å². The van der Waals surface area contributed by atoms with Crippen LogP contribution in [0.2, 0.25) is 0 Å². The van der Waals surface area contributed by atoms with Crippen LogP contribution in [0, 0.1) is 11.3 Å². The number of rotatable bonds is 7. The lowest BCUT2D eigenvalue weighted by molar-refractivity contribution is -0.137. The third kappa shape index (κ3) is 12.0. The molecule has 34 rings (SSSR count). The fourth-order valence-corrected chi connectivity index (χ4v) is 25.0. The van der Waals surface area contributed by atoms with Crippen molar-refractivity contribution in [2.45, 2.75) is 25.9 Å². The van der Waals surface area contributed by atoms with Gasteiger partial charge in [-0.15, -0.1) is 0 Å². The van der Waals surface area contributed by atoms with Crippen molar-refractivity contribution in [1.82, 2.24) is 9.13 Å². The van der Waals surface area contributed by atoms with E-state index in [1.807, 2.05) is 109 Å². The molecule has 0 bridgehead atoms. The van der Waals surface area contributed by atoms with Crippen LogP contribution in [-0.2, 0) is 6.18 Å². The number of aromatic nitrogens is 2. The van der Waals surface area contributed by atoms with Gasteiger partial charge in [0.05, 0.1) is 45.0 Å². The van der Waals surface area contributed by atoms with E-state index in [1.165, 1.54) is 71.4 Å². The molecular formula is C125H74B4F3N7O8. The highest BCUT2D eigenvalue weighted by Crippen LogP contribution is 2.55. The van der Waals surface area contributed by atoms with Crippen LogP contribution in [0.5, 0.6) is 92.0 Å². The van der Waals surface area contributed by atoms with Gasteiger partial charge in [0.25, 0.3) is 26.9 Å². The van der Waals surface area contributed by atoms with Gasteiger partial charge in [0.2, 0.25) is 0 Å². The lowest BCUT2D eigenvalue weighted by Crippen LogP contribution is -2.61. The van der Waals surface area contributed by atoms with Crippen molar-refractivity contribution >= 4 is 204 Å². The molecule has 12 aliphatic heterocycles. The number of benzene rings is 20. The number of alkyl halides is 3. The Morgan fingerprint density at radius 2 is 0.510 bits per heavy atom. The van der Waals surface area contributed by atoms with E-state index in [2.05, 4.69) is 334 Å². The minimum absolute atomic E-state index is 0.0109. The smallest absolute Gasteiger partial charge is 0.416 e. The second kappa shape index (κ2) is 31.1. The number of hydrogen-bond acceptors (Lipinski definition) is 13. The third-order valence-corrected chi connectivity index (χ3v) is 30.8. The molecule has 2 aromatic heterocycles. The predicted molar refractivity (Wildman–Crippen MR) is 582 cm³/mol. The number of hydrogen-bond donors (Lipinski definition) is 0. The number of nitriles is 1. The van der Waals surface area contributed by atoms with Crippen molar-refractivity contribution in [3.8, 4) is 109 Å². The molecule has 0 N–H and O–H groups in total. The zero-order valence-electron chi connectivity index (χ0n) is 78.6. The summed E-state index contributed by atoms with van der Waals surface area (Å²) in [5.74, 6) is 12.1. The van der Waals surface area contributed by atoms with Gasteiger partial charge in [-0.1, -0.05) is 196 Å². The fraction of sp³-hybridized carbons (Fsp3) is 0.0320. The van der Waals surface area contributed by atoms with E-state index >= 15 is 0 Å².